The third kappa shape index (κ3) is 3.79. The number of fused-ring (bicyclic) bond motifs is 2. The van der Waals surface area contributed by atoms with Crippen molar-refractivity contribution in [1.82, 2.24) is 9.80 Å². The summed E-state index contributed by atoms with van der Waals surface area (Å²) in [5.41, 5.74) is 0. The van der Waals surface area contributed by atoms with E-state index in [2.05, 4.69) is 0 Å². The fraction of sp³-hybridized carbons (Fsp3) is 0.846. The molecule has 8 heteroatoms. The van der Waals surface area contributed by atoms with Gasteiger partial charge >= 0.3 is 18.2 Å². The number of aliphatic carboxylic acids is 1. The van der Waals surface area contributed by atoms with Crippen LogP contribution in [0, 0.1) is 5.92 Å². The van der Waals surface area contributed by atoms with E-state index < -0.39 is 24.7 Å². The predicted molar refractivity (Wildman–Crippen MR) is 67.7 cm³/mol. The highest BCUT2D eigenvalue weighted by Gasteiger charge is 2.45. The van der Waals surface area contributed by atoms with E-state index in [4.69, 9.17) is 5.11 Å². The Morgan fingerprint density at radius 3 is 2.19 bits per heavy atom. The van der Waals surface area contributed by atoms with Crippen molar-refractivity contribution in [2.45, 2.75) is 50.4 Å². The standard InChI is InChI=1S/C13H19F3N2O3/c1-17(7-13(14,15)16)12(21)18-9-2-3-10(18)5-8(4-9)6-11(19)20/h8-10H,2-7H2,1H3,(H,19,20). The summed E-state index contributed by atoms with van der Waals surface area (Å²) in [4.78, 5) is 25.2. The zero-order valence-electron chi connectivity index (χ0n) is 11.8. The number of carbonyl (C=O) groups excluding carboxylic acids is 1. The minimum atomic E-state index is -4.41. The van der Waals surface area contributed by atoms with Gasteiger partial charge in [0.15, 0.2) is 0 Å². The Labute approximate surface area is 120 Å². The molecule has 2 fully saturated rings. The van der Waals surface area contributed by atoms with Crippen LogP contribution in [0.5, 0.6) is 0 Å². The number of carboxylic acids is 1. The maximum atomic E-state index is 12.4. The smallest absolute Gasteiger partial charge is 0.406 e. The van der Waals surface area contributed by atoms with Crippen LogP contribution >= 0.6 is 0 Å². The largest absolute Gasteiger partial charge is 0.481 e. The van der Waals surface area contributed by atoms with Crippen LogP contribution in [-0.2, 0) is 4.79 Å². The molecule has 2 amide bonds. The number of alkyl halides is 3. The molecule has 2 heterocycles. The molecule has 2 saturated heterocycles. The lowest BCUT2D eigenvalue weighted by atomic mass is 9.88. The van der Waals surface area contributed by atoms with Crippen LogP contribution in [0.4, 0.5) is 18.0 Å². The van der Waals surface area contributed by atoms with Crippen molar-refractivity contribution in [3.05, 3.63) is 0 Å². The van der Waals surface area contributed by atoms with E-state index in [1.807, 2.05) is 0 Å². The molecule has 0 radical (unpaired) electrons. The van der Waals surface area contributed by atoms with Gasteiger partial charge in [-0.1, -0.05) is 0 Å². The molecule has 2 bridgehead atoms. The van der Waals surface area contributed by atoms with Gasteiger partial charge in [-0.3, -0.25) is 4.79 Å². The fourth-order valence-corrected chi connectivity index (χ4v) is 3.55. The molecule has 2 aliphatic rings. The van der Waals surface area contributed by atoms with Gasteiger partial charge in [0.25, 0.3) is 0 Å². The molecule has 0 aromatic rings. The van der Waals surface area contributed by atoms with E-state index in [0.717, 1.165) is 19.9 Å². The number of piperidine rings is 1. The molecule has 2 aliphatic heterocycles. The normalized spacial score (nSPS) is 28.6. The van der Waals surface area contributed by atoms with Gasteiger partial charge < -0.3 is 14.9 Å². The summed E-state index contributed by atoms with van der Waals surface area (Å²) in [6.45, 7) is -1.26. The minimum absolute atomic E-state index is 0.0111. The maximum absolute atomic E-state index is 12.4. The molecule has 2 rings (SSSR count). The van der Waals surface area contributed by atoms with Crippen LogP contribution in [0.3, 0.4) is 0 Å². The monoisotopic (exact) mass is 308 g/mol. The third-order valence-corrected chi connectivity index (χ3v) is 4.26. The number of urea groups is 1. The average Bonchev–Trinajstić information content (AvgIpc) is 2.57. The lowest BCUT2D eigenvalue weighted by Crippen LogP contribution is -2.52. The van der Waals surface area contributed by atoms with Gasteiger partial charge in [-0.15, -0.1) is 0 Å². The lowest BCUT2D eigenvalue weighted by Gasteiger charge is -2.40. The molecule has 0 saturated carbocycles. The average molecular weight is 308 g/mol. The van der Waals surface area contributed by atoms with Gasteiger partial charge in [0.2, 0.25) is 0 Å². The van der Waals surface area contributed by atoms with Crippen LogP contribution in [-0.4, -0.2) is 58.8 Å². The van der Waals surface area contributed by atoms with Gasteiger partial charge in [-0.25, -0.2) is 4.79 Å². The second-order valence-electron chi connectivity index (χ2n) is 5.98. The first kappa shape index (κ1) is 15.9. The maximum Gasteiger partial charge on any atom is 0.406 e. The number of rotatable bonds is 3. The Balaban J connectivity index is 1.99. The molecule has 2 atom stereocenters. The molecule has 0 spiro atoms. The molecule has 5 nitrogen and oxygen atoms in total. The Morgan fingerprint density at radius 2 is 1.76 bits per heavy atom. The van der Waals surface area contributed by atoms with Crippen molar-refractivity contribution in [2.75, 3.05) is 13.6 Å². The molecule has 1 N–H and O–H groups in total. The van der Waals surface area contributed by atoms with Crippen LogP contribution in [0.15, 0.2) is 0 Å². The Bertz CT molecular complexity index is 413. The van der Waals surface area contributed by atoms with Gasteiger partial charge in [0.1, 0.15) is 6.54 Å². The highest BCUT2D eigenvalue weighted by molar-refractivity contribution is 5.75. The van der Waals surface area contributed by atoms with Crippen LogP contribution < -0.4 is 0 Å². The molecule has 0 aliphatic carbocycles. The first-order chi connectivity index (χ1) is 9.67. The summed E-state index contributed by atoms with van der Waals surface area (Å²) in [6.07, 6.45) is -1.74. The van der Waals surface area contributed by atoms with E-state index in [9.17, 15) is 22.8 Å². The quantitative estimate of drug-likeness (QED) is 0.870. The molecule has 21 heavy (non-hydrogen) atoms. The second kappa shape index (κ2) is 5.73. The molecule has 120 valence electrons. The zero-order valence-corrected chi connectivity index (χ0v) is 11.8. The highest BCUT2D eigenvalue weighted by atomic mass is 19.4. The summed E-state index contributed by atoms with van der Waals surface area (Å²) in [6, 6.07) is -0.860. The lowest BCUT2D eigenvalue weighted by molar-refractivity contribution is -0.140. The summed E-state index contributed by atoms with van der Waals surface area (Å²) in [7, 11) is 1.15. The molecular formula is C13H19F3N2O3. The van der Waals surface area contributed by atoms with E-state index in [0.29, 0.717) is 17.7 Å². The molecule has 0 aromatic heterocycles. The number of nitrogens with zero attached hydrogens (tertiary/aromatic N) is 2. The molecule has 0 aromatic carbocycles. The summed E-state index contributed by atoms with van der Waals surface area (Å²) < 4.78 is 37.1. The number of carbonyl (C=O) groups is 2. The summed E-state index contributed by atoms with van der Waals surface area (Å²) in [5.74, 6) is -0.856. The van der Waals surface area contributed by atoms with Crippen molar-refractivity contribution in [1.29, 1.82) is 0 Å². The van der Waals surface area contributed by atoms with Gasteiger partial charge in [0, 0.05) is 25.6 Å². The summed E-state index contributed by atoms with van der Waals surface area (Å²) >= 11 is 0. The van der Waals surface area contributed by atoms with Gasteiger partial charge in [-0.05, 0) is 31.6 Å². The van der Waals surface area contributed by atoms with E-state index in [-0.39, 0.29) is 24.4 Å². The number of hydrogen-bond acceptors (Lipinski definition) is 2. The van der Waals surface area contributed by atoms with E-state index >= 15 is 0 Å². The first-order valence-corrected chi connectivity index (χ1v) is 6.99. The van der Waals surface area contributed by atoms with Gasteiger partial charge in [0.05, 0.1) is 0 Å². The van der Waals surface area contributed by atoms with Crippen molar-refractivity contribution in [3.8, 4) is 0 Å². The van der Waals surface area contributed by atoms with Crippen molar-refractivity contribution in [2.24, 2.45) is 5.92 Å². The van der Waals surface area contributed by atoms with E-state index in [1.54, 1.807) is 0 Å². The van der Waals surface area contributed by atoms with Crippen LogP contribution in [0.2, 0.25) is 0 Å². The zero-order chi connectivity index (χ0) is 15.8. The highest BCUT2D eigenvalue weighted by Crippen LogP contribution is 2.40. The van der Waals surface area contributed by atoms with Crippen molar-refractivity contribution < 1.29 is 27.9 Å². The van der Waals surface area contributed by atoms with Crippen LogP contribution in [0.25, 0.3) is 0 Å². The topological polar surface area (TPSA) is 60.9 Å². The summed E-state index contributed by atoms with van der Waals surface area (Å²) in [5, 5.41) is 8.84. The fourth-order valence-electron chi connectivity index (χ4n) is 3.55. The Morgan fingerprint density at radius 1 is 1.24 bits per heavy atom. The van der Waals surface area contributed by atoms with Crippen LogP contribution in [0.1, 0.15) is 32.1 Å². The Hall–Kier alpha value is -1.47. The second-order valence-corrected chi connectivity index (χ2v) is 5.98. The van der Waals surface area contributed by atoms with E-state index in [1.165, 1.54) is 4.90 Å². The number of halogens is 3. The number of hydrogen-bond donors (Lipinski definition) is 1. The number of carboxylic acid groups (broad SMARTS) is 1. The SMILES string of the molecule is CN(CC(F)(F)F)C(=O)N1C2CCC1CC(CC(=O)O)C2. The third-order valence-electron chi connectivity index (χ3n) is 4.26. The van der Waals surface area contributed by atoms with Crippen molar-refractivity contribution >= 4 is 12.0 Å². The Kier molecular flexibility index (Phi) is 4.34. The minimum Gasteiger partial charge on any atom is -0.481 e. The van der Waals surface area contributed by atoms with Gasteiger partial charge in [-0.2, -0.15) is 13.2 Å². The van der Waals surface area contributed by atoms with Crippen molar-refractivity contribution in [3.63, 3.8) is 0 Å². The number of amides is 2. The predicted octanol–water partition coefficient (Wildman–Crippen LogP) is 2.32. The molecular weight excluding hydrogens is 289 g/mol. The first-order valence-electron chi connectivity index (χ1n) is 6.99. The molecule has 2 unspecified atom stereocenters.